The van der Waals surface area contributed by atoms with Gasteiger partial charge in [0.25, 0.3) is 0 Å². The van der Waals surface area contributed by atoms with Crippen molar-refractivity contribution in [2.75, 3.05) is 0 Å². The summed E-state index contributed by atoms with van der Waals surface area (Å²) >= 11 is 0. The van der Waals surface area contributed by atoms with Gasteiger partial charge in [0.05, 0.1) is 22.1 Å². The molecule has 0 saturated carbocycles. The van der Waals surface area contributed by atoms with Gasteiger partial charge in [-0.05, 0) is 35.1 Å². The molecule has 44 heavy (non-hydrogen) atoms. The van der Waals surface area contributed by atoms with Crippen LogP contribution in [0.15, 0.2) is 107 Å². The van der Waals surface area contributed by atoms with Crippen molar-refractivity contribution < 1.29 is 104 Å². The van der Waals surface area contributed by atoms with Crippen LogP contribution >= 0.6 is 0 Å². The molecule has 0 unspecified atom stereocenters. The Bertz CT molecular complexity index is 1960. The van der Waals surface area contributed by atoms with Crippen LogP contribution < -0.4 is 77.7 Å². The third kappa shape index (κ3) is 8.17. The second-order valence-corrected chi connectivity index (χ2v) is 10.7. The molecule has 0 atom stereocenters. The molecule has 0 saturated heterocycles. The zero-order chi connectivity index (χ0) is 30.1. The van der Waals surface area contributed by atoms with Crippen LogP contribution in [0.2, 0.25) is 0 Å². The SMILES string of the molecule is O=S(=O)(O)Oc1c2cccc(N=C([O-])c3ccccc3)c2c(OS(=O)(=O)O)c2cccc(N=C([O-])c3ccccc3)c12.[Na+].[Na+]. The summed E-state index contributed by atoms with van der Waals surface area (Å²) in [6.45, 7) is 0. The monoisotopic (exact) mass is 652 g/mol. The summed E-state index contributed by atoms with van der Waals surface area (Å²) in [4.78, 5) is 8.13. The second-order valence-electron chi connectivity index (χ2n) is 8.65. The molecule has 12 nitrogen and oxygen atoms in total. The molecule has 0 aliphatic carbocycles. The van der Waals surface area contributed by atoms with Gasteiger partial charge in [-0.25, -0.2) is 0 Å². The molecule has 0 aromatic heterocycles. The number of rotatable bonds is 8. The van der Waals surface area contributed by atoms with E-state index in [1.54, 1.807) is 36.4 Å². The molecule has 0 aliphatic rings. The van der Waals surface area contributed by atoms with Crippen LogP contribution in [0.4, 0.5) is 11.4 Å². The third-order valence-corrected chi connectivity index (χ3v) is 6.65. The number of hydrogen-bond donors (Lipinski definition) is 2. The Morgan fingerprint density at radius 3 is 1.20 bits per heavy atom. The first kappa shape index (κ1) is 35.5. The summed E-state index contributed by atoms with van der Waals surface area (Å²) in [7, 11) is -10.4. The Morgan fingerprint density at radius 2 is 0.886 bits per heavy atom. The van der Waals surface area contributed by atoms with Gasteiger partial charge >= 0.3 is 79.9 Å². The van der Waals surface area contributed by atoms with Crippen LogP contribution in [0.3, 0.4) is 0 Å². The van der Waals surface area contributed by atoms with Gasteiger partial charge in [-0.1, -0.05) is 84.9 Å². The van der Waals surface area contributed by atoms with Gasteiger partial charge in [0, 0.05) is 10.8 Å². The van der Waals surface area contributed by atoms with E-state index in [1.807, 2.05) is 0 Å². The minimum atomic E-state index is -5.22. The van der Waals surface area contributed by atoms with E-state index >= 15 is 0 Å². The van der Waals surface area contributed by atoms with E-state index < -0.39 is 44.1 Å². The molecule has 0 bridgehead atoms. The van der Waals surface area contributed by atoms with E-state index in [-0.39, 0.29) is 103 Å². The quantitative estimate of drug-likeness (QED) is 0.0582. The number of hydrogen-bond acceptors (Lipinski definition) is 10. The zero-order valence-electron chi connectivity index (χ0n) is 23.1. The van der Waals surface area contributed by atoms with Crippen molar-refractivity contribution in [2.45, 2.75) is 0 Å². The molecule has 16 heteroatoms. The molecule has 5 aromatic rings. The summed E-state index contributed by atoms with van der Waals surface area (Å²) in [5.41, 5.74) is -0.0143. The first-order valence-electron chi connectivity index (χ1n) is 11.9. The van der Waals surface area contributed by atoms with Gasteiger partial charge in [0.2, 0.25) is 0 Å². The summed E-state index contributed by atoms with van der Waals surface area (Å²) < 4.78 is 77.2. The Morgan fingerprint density at radius 1 is 0.545 bits per heavy atom. The summed E-state index contributed by atoms with van der Waals surface area (Å²) in [5.74, 6) is -2.63. The van der Waals surface area contributed by atoms with Crippen LogP contribution in [0, 0.1) is 0 Å². The molecule has 0 fully saturated rings. The van der Waals surface area contributed by atoms with Crippen LogP contribution in [0.1, 0.15) is 11.1 Å². The molecule has 0 heterocycles. The van der Waals surface area contributed by atoms with Crippen molar-refractivity contribution >= 4 is 65.5 Å². The summed E-state index contributed by atoms with van der Waals surface area (Å²) in [6.07, 6.45) is 0. The maximum Gasteiger partial charge on any atom is 1.00 e. The molecule has 214 valence electrons. The summed E-state index contributed by atoms with van der Waals surface area (Å²) in [5, 5.41) is 24.9. The Hall–Kier alpha value is -3.02. The fourth-order valence-corrected chi connectivity index (χ4v) is 5.05. The van der Waals surface area contributed by atoms with Crippen molar-refractivity contribution in [3.63, 3.8) is 0 Å². The van der Waals surface area contributed by atoms with Gasteiger partial charge in [-0.15, -0.1) is 0 Å². The van der Waals surface area contributed by atoms with E-state index in [9.17, 15) is 36.2 Å². The predicted molar refractivity (Wildman–Crippen MR) is 151 cm³/mol. The van der Waals surface area contributed by atoms with Crippen LogP contribution in [0.25, 0.3) is 21.5 Å². The Kier molecular flexibility index (Phi) is 11.6. The van der Waals surface area contributed by atoms with Gasteiger partial charge in [-0.2, -0.15) is 16.8 Å². The van der Waals surface area contributed by atoms with Crippen LogP contribution in [0.5, 0.6) is 11.5 Å². The minimum absolute atomic E-state index is 0. The maximum absolute atomic E-state index is 12.9. The van der Waals surface area contributed by atoms with Crippen molar-refractivity contribution in [3.05, 3.63) is 108 Å². The van der Waals surface area contributed by atoms with Crippen molar-refractivity contribution in [2.24, 2.45) is 9.98 Å². The minimum Gasteiger partial charge on any atom is -0.858 e. The molecule has 0 radical (unpaired) electrons. The topological polar surface area (TPSA) is 198 Å². The van der Waals surface area contributed by atoms with E-state index in [0.717, 1.165) is 0 Å². The van der Waals surface area contributed by atoms with E-state index in [1.165, 1.54) is 60.7 Å². The molecular formula is C28H18N2Na2O10S2. The fourth-order valence-electron chi connectivity index (χ4n) is 4.28. The van der Waals surface area contributed by atoms with Gasteiger partial charge in [0.15, 0.2) is 11.5 Å². The number of aliphatic imine (C=N–C) groups is 2. The molecule has 2 N–H and O–H groups in total. The predicted octanol–water partition coefficient (Wildman–Crippen LogP) is -2.76. The van der Waals surface area contributed by atoms with E-state index in [4.69, 9.17) is 8.37 Å². The largest absolute Gasteiger partial charge is 1.00 e. The maximum atomic E-state index is 12.9. The van der Waals surface area contributed by atoms with Crippen molar-refractivity contribution in [1.29, 1.82) is 0 Å². The van der Waals surface area contributed by atoms with Crippen molar-refractivity contribution in [3.8, 4) is 11.5 Å². The number of fused-ring (bicyclic) bond motifs is 2. The van der Waals surface area contributed by atoms with Crippen LogP contribution in [-0.4, -0.2) is 37.7 Å². The first-order valence-corrected chi connectivity index (χ1v) is 14.6. The number of nitrogens with zero attached hydrogens (tertiary/aromatic N) is 2. The van der Waals surface area contributed by atoms with E-state index in [2.05, 4.69) is 9.98 Å². The summed E-state index contributed by atoms with van der Waals surface area (Å²) in [6, 6.07) is 23.6. The average Bonchev–Trinajstić information content (AvgIpc) is 2.94. The second kappa shape index (κ2) is 14.4. The smallest absolute Gasteiger partial charge is 0.858 e. The van der Waals surface area contributed by atoms with Crippen molar-refractivity contribution in [1.82, 2.24) is 0 Å². The van der Waals surface area contributed by atoms with Gasteiger partial charge in [-0.3, -0.25) is 19.1 Å². The Balaban J connectivity index is 0.00000264. The van der Waals surface area contributed by atoms with E-state index in [0.29, 0.717) is 0 Å². The van der Waals surface area contributed by atoms with Crippen LogP contribution in [-0.2, 0) is 20.8 Å². The molecule has 5 aromatic carbocycles. The fraction of sp³-hybridized carbons (Fsp3) is 0. The third-order valence-electron chi connectivity index (χ3n) is 5.89. The molecule has 0 spiro atoms. The van der Waals surface area contributed by atoms with Gasteiger partial charge < -0.3 is 18.6 Å². The van der Waals surface area contributed by atoms with Gasteiger partial charge in [0.1, 0.15) is 0 Å². The molecule has 0 aliphatic heterocycles. The number of benzene rings is 5. The Labute approximate surface area is 296 Å². The zero-order valence-corrected chi connectivity index (χ0v) is 28.7. The molecule has 5 rings (SSSR count). The first-order chi connectivity index (χ1) is 19.9. The average molecular weight is 653 g/mol. The standard InChI is InChI=1S/C28H20N2O10S2.2Na/c31-27(17-9-3-1-4-10-17)29-21-15-7-13-19-23(21)25(39-41(33,34)35)20-14-8-16-22(24(20)26(19)40-42(36,37)38)30-28(32)18-11-5-2-6-12-18;;/h1-16H,(H,29,31)(H,30,32)(H,33,34,35)(H,36,37,38);;/q;2*+1/p-2. The molecule has 0 amide bonds. The normalized spacial score (nSPS) is 12.3. The molecular weight excluding hydrogens is 634 g/mol.